The summed E-state index contributed by atoms with van der Waals surface area (Å²) in [4.78, 5) is 36.9. The number of carbonyl (C=O) groups excluding carboxylic acids is 3. The molecule has 0 fully saturated rings. The van der Waals surface area contributed by atoms with Crippen LogP contribution in [0.1, 0.15) is 32.6 Å². The van der Waals surface area contributed by atoms with E-state index in [-0.39, 0.29) is 16.3 Å². The number of hydrogen-bond acceptors (Lipinski definition) is 4. The van der Waals surface area contributed by atoms with E-state index in [1.807, 2.05) is 0 Å². The predicted octanol–water partition coefficient (Wildman–Crippen LogP) is 3.03. The van der Waals surface area contributed by atoms with Crippen molar-refractivity contribution in [1.82, 2.24) is 4.90 Å². The molecule has 0 aromatic carbocycles. The van der Waals surface area contributed by atoms with Crippen molar-refractivity contribution in [2.45, 2.75) is 38.8 Å². The van der Waals surface area contributed by atoms with Gasteiger partial charge in [0.15, 0.2) is 6.17 Å². The Hall–Kier alpha value is -2.21. The van der Waals surface area contributed by atoms with E-state index in [9.17, 15) is 18.8 Å². The average molecular weight is 352 g/mol. The molecule has 1 heterocycles. The number of nitrogens with zero attached hydrogens (tertiary/aromatic N) is 1. The molecule has 0 saturated heterocycles. The third-order valence-corrected chi connectivity index (χ3v) is 4.50. The van der Waals surface area contributed by atoms with E-state index in [1.54, 1.807) is 0 Å². The first kappa shape index (κ1) is 16.6. The minimum absolute atomic E-state index is 0.0457. The molecule has 1 unspecified atom stereocenters. The first-order valence-electron chi connectivity index (χ1n) is 7.61. The van der Waals surface area contributed by atoms with E-state index >= 15 is 0 Å². The van der Waals surface area contributed by atoms with Crippen LogP contribution in [0.4, 0.5) is 4.39 Å². The lowest BCUT2D eigenvalue weighted by Gasteiger charge is -2.24. The zero-order valence-electron chi connectivity index (χ0n) is 13.0. The van der Waals surface area contributed by atoms with Crippen LogP contribution in [0.2, 0.25) is 0 Å². The highest BCUT2D eigenvalue weighted by Crippen LogP contribution is 2.38. The van der Waals surface area contributed by atoms with Gasteiger partial charge in [-0.05, 0) is 37.8 Å². The van der Waals surface area contributed by atoms with Crippen LogP contribution < -0.4 is 0 Å². The molecule has 0 radical (unpaired) electrons. The van der Waals surface area contributed by atoms with Crippen LogP contribution in [0.15, 0.2) is 45.9 Å². The summed E-state index contributed by atoms with van der Waals surface area (Å²) in [5.41, 5.74) is 1.07. The highest BCUT2D eigenvalue weighted by molar-refractivity contribution is 6.32. The van der Waals surface area contributed by atoms with Gasteiger partial charge >= 0.3 is 5.97 Å². The summed E-state index contributed by atoms with van der Waals surface area (Å²) < 4.78 is 19.2. The fourth-order valence-corrected chi connectivity index (χ4v) is 3.23. The number of imide groups is 1. The second-order valence-corrected chi connectivity index (χ2v) is 6.19. The predicted molar refractivity (Wildman–Crippen MR) is 84.1 cm³/mol. The Bertz CT molecular complexity index is 735. The molecule has 5 nitrogen and oxygen atoms in total. The van der Waals surface area contributed by atoms with Gasteiger partial charge in [0.2, 0.25) is 0 Å². The first-order chi connectivity index (χ1) is 11.4. The number of alkyl halides is 1. The Kier molecular flexibility index (Phi) is 4.41. The van der Waals surface area contributed by atoms with Crippen LogP contribution in [0.3, 0.4) is 0 Å². The number of rotatable bonds is 2. The van der Waals surface area contributed by atoms with Gasteiger partial charge < -0.3 is 4.74 Å². The Labute approximate surface area is 143 Å². The number of ether oxygens (including phenoxy) is 1. The highest BCUT2D eigenvalue weighted by atomic mass is 35.5. The molecular formula is C17H15ClFNO4. The van der Waals surface area contributed by atoms with Crippen LogP contribution in [0.25, 0.3) is 0 Å². The number of halogens is 2. The van der Waals surface area contributed by atoms with Gasteiger partial charge in [0.1, 0.15) is 6.26 Å². The monoisotopic (exact) mass is 351 g/mol. The van der Waals surface area contributed by atoms with Crippen LogP contribution >= 0.6 is 11.6 Å². The maximum Gasteiger partial charge on any atom is 0.307 e. The molecule has 2 aliphatic carbocycles. The summed E-state index contributed by atoms with van der Waals surface area (Å²) in [6.07, 6.45) is 4.47. The van der Waals surface area contributed by atoms with Gasteiger partial charge in [-0.3, -0.25) is 14.4 Å². The zero-order valence-corrected chi connectivity index (χ0v) is 13.7. The molecule has 1 aliphatic heterocycles. The maximum atomic E-state index is 14.4. The van der Waals surface area contributed by atoms with Gasteiger partial charge in [0.05, 0.1) is 10.7 Å². The molecular weight excluding hydrogens is 337 g/mol. The molecule has 3 aliphatic rings. The van der Waals surface area contributed by atoms with Crippen molar-refractivity contribution in [2.24, 2.45) is 0 Å². The molecule has 1 atom stereocenters. The maximum absolute atomic E-state index is 14.4. The van der Waals surface area contributed by atoms with Crippen LogP contribution in [0, 0.1) is 0 Å². The van der Waals surface area contributed by atoms with E-state index in [1.165, 1.54) is 13.0 Å². The van der Waals surface area contributed by atoms with Crippen molar-refractivity contribution >= 4 is 29.4 Å². The summed E-state index contributed by atoms with van der Waals surface area (Å²) in [6, 6.07) is 0. The normalized spacial score (nSPS) is 25.7. The zero-order chi connectivity index (χ0) is 17.4. The smallest absolute Gasteiger partial charge is 0.307 e. The summed E-state index contributed by atoms with van der Waals surface area (Å²) in [5, 5.41) is 0.0457. The molecule has 3 rings (SSSR count). The quantitative estimate of drug-likeness (QED) is 0.436. The number of allylic oxidation sites excluding steroid dienone is 4. The summed E-state index contributed by atoms with van der Waals surface area (Å²) in [7, 11) is 0. The summed E-state index contributed by atoms with van der Waals surface area (Å²) in [5.74, 6) is -1.50. The van der Waals surface area contributed by atoms with Crippen molar-refractivity contribution < 1.29 is 23.5 Å². The third kappa shape index (κ3) is 2.82. The Morgan fingerprint density at radius 2 is 1.88 bits per heavy atom. The van der Waals surface area contributed by atoms with E-state index < -0.39 is 24.0 Å². The van der Waals surface area contributed by atoms with Crippen molar-refractivity contribution in [2.75, 3.05) is 0 Å². The molecule has 0 aromatic rings. The van der Waals surface area contributed by atoms with Gasteiger partial charge in [0.25, 0.3) is 11.8 Å². The van der Waals surface area contributed by atoms with Gasteiger partial charge in [-0.1, -0.05) is 11.6 Å². The Morgan fingerprint density at radius 1 is 1.29 bits per heavy atom. The lowest BCUT2D eigenvalue weighted by atomic mass is 9.93. The molecule has 7 heteroatoms. The molecule has 126 valence electrons. The van der Waals surface area contributed by atoms with Crippen LogP contribution in [-0.2, 0) is 19.1 Å². The lowest BCUT2D eigenvalue weighted by molar-refractivity contribution is -0.137. The highest BCUT2D eigenvalue weighted by Gasteiger charge is 2.43. The third-order valence-electron chi connectivity index (χ3n) is 4.15. The summed E-state index contributed by atoms with van der Waals surface area (Å²) >= 11 is 5.95. The van der Waals surface area contributed by atoms with Crippen molar-refractivity contribution in [3.8, 4) is 0 Å². The van der Waals surface area contributed by atoms with E-state index in [0.717, 1.165) is 30.1 Å². The summed E-state index contributed by atoms with van der Waals surface area (Å²) in [6.45, 7) is 1.21. The number of carbonyl (C=O) groups is 3. The molecule has 0 saturated carbocycles. The molecule has 0 N–H and O–H groups in total. The van der Waals surface area contributed by atoms with Crippen LogP contribution in [-0.4, -0.2) is 28.9 Å². The average Bonchev–Trinajstić information content (AvgIpc) is 2.79. The lowest BCUT2D eigenvalue weighted by Crippen LogP contribution is -2.35. The van der Waals surface area contributed by atoms with Crippen molar-refractivity contribution in [3.63, 3.8) is 0 Å². The molecule has 0 spiro atoms. The topological polar surface area (TPSA) is 63.7 Å². The fraction of sp³-hybridized carbons (Fsp3) is 0.353. The number of hydrogen-bond donors (Lipinski definition) is 0. The minimum Gasteiger partial charge on any atom is -0.434 e. The molecule has 24 heavy (non-hydrogen) atoms. The van der Waals surface area contributed by atoms with E-state index in [0.29, 0.717) is 24.0 Å². The number of amides is 2. The van der Waals surface area contributed by atoms with E-state index in [4.69, 9.17) is 16.3 Å². The molecule has 0 bridgehead atoms. The van der Waals surface area contributed by atoms with Gasteiger partial charge in [-0.15, -0.1) is 0 Å². The van der Waals surface area contributed by atoms with Gasteiger partial charge in [0, 0.05) is 23.6 Å². The van der Waals surface area contributed by atoms with Gasteiger partial charge in [-0.25, -0.2) is 9.29 Å². The van der Waals surface area contributed by atoms with Crippen molar-refractivity contribution in [3.05, 3.63) is 45.9 Å². The second-order valence-electron chi connectivity index (χ2n) is 5.78. The first-order valence-corrected chi connectivity index (χ1v) is 7.99. The second kappa shape index (κ2) is 6.36. The largest absolute Gasteiger partial charge is 0.434 e. The number of esters is 1. The Morgan fingerprint density at radius 3 is 2.42 bits per heavy atom. The fourth-order valence-electron chi connectivity index (χ4n) is 3.02. The molecule has 0 aromatic heterocycles. The standard InChI is InChI=1S/C17H15ClFNO4/c1-9(21)24-8-10-6-15(14(19)7-13(10)18)20-16(22)11-4-2-3-5-12(11)17(20)23/h6-8,14H,2-5H2,1H3/b10-8-. The van der Waals surface area contributed by atoms with Crippen molar-refractivity contribution in [1.29, 1.82) is 0 Å². The van der Waals surface area contributed by atoms with Gasteiger partial charge in [-0.2, -0.15) is 0 Å². The minimum atomic E-state index is -1.69. The SMILES string of the molecule is CC(=O)O/C=C1/C=C(N2C(=O)C3=C(CCCC3)C2=O)C(F)C=C1Cl. The van der Waals surface area contributed by atoms with Crippen LogP contribution in [0.5, 0.6) is 0 Å². The molecule has 2 amide bonds. The Balaban J connectivity index is 1.95. The van der Waals surface area contributed by atoms with E-state index in [2.05, 4.69) is 0 Å².